The largest absolute Gasteiger partial charge is 0.390 e. The molecule has 13 heavy (non-hydrogen) atoms. The third kappa shape index (κ3) is 2.01. The van der Waals surface area contributed by atoms with Gasteiger partial charge in [0.25, 0.3) is 0 Å². The molecule has 3 nitrogen and oxygen atoms in total. The standard InChI is InChI=1S/C9H18N2OS/c1-11(7-2-3-13-6-7)8-4-10-5-9(8)12/h7-10,12H,2-6H2,1H3. The molecule has 0 bridgehead atoms. The predicted octanol–water partition coefficient (Wildman–Crippen LogP) is -0.244. The summed E-state index contributed by atoms with van der Waals surface area (Å²) in [4.78, 5) is 2.37. The lowest BCUT2D eigenvalue weighted by atomic mass is 10.1. The minimum atomic E-state index is -0.171. The molecule has 4 heteroatoms. The van der Waals surface area contributed by atoms with Crippen molar-refractivity contribution in [1.82, 2.24) is 10.2 Å². The number of nitrogens with zero attached hydrogens (tertiary/aromatic N) is 1. The summed E-state index contributed by atoms with van der Waals surface area (Å²) in [6.45, 7) is 1.70. The van der Waals surface area contributed by atoms with Crippen molar-refractivity contribution in [3.8, 4) is 0 Å². The van der Waals surface area contributed by atoms with Crippen LogP contribution in [0.1, 0.15) is 6.42 Å². The first-order valence-corrected chi connectivity index (χ1v) is 6.13. The second-order valence-electron chi connectivity index (χ2n) is 3.98. The van der Waals surface area contributed by atoms with Crippen LogP contribution in [0.5, 0.6) is 0 Å². The molecule has 0 spiro atoms. The number of thioether (sulfide) groups is 1. The maximum absolute atomic E-state index is 9.71. The first kappa shape index (κ1) is 9.77. The van der Waals surface area contributed by atoms with Gasteiger partial charge < -0.3 is 10.4 Å². The third-order valence-electron chi connectivity index (χ3n) is 3.16. The second kappa shape index (κ2) is 4.17. The molecule has 0 aromatic carbocycles. The van der Waals surface area contributed by atoms with Crippen molar-refractivity contribution in [3.05, 3.63) is 0 Å². The van der Waals surface area contributed by atoms with Gasteiger partial charge in [-0.05, 0) is 19.2 Å². The molecule has 0 aromatic heterocycles. The molecule has 2 aliphatic heterocycles. The molecule has 0 aliphatic carbocycles. The van der Waals surface area contributed by atoms with E-state index < -0.39 is 0 Å². The topological polar surface area (TPSA) is 35.5 Å². The second-order valence-corrected chi connectivity index (χ2v) is 5.13. The lowest BCUT2D eigenvalue weighted by Crippen LogP contribution is -2.46. The number of aliphatic hydroxyl groups excluding tert-OH is 1. The quantitative estimate of drug-likeness (QED) is 0.648. The van der Waals surface area contributed by atoms with E-state index in [1.54, 1.807) is 0 Å². The van der Waals surface area contributed by atoms with Crippen molar-refractivity contribution < 1.29 is 5.11 Å². The molecule has 0 aromatic rings. The van der Waals surface area contributed by atoms with Gasteiger partial charge in [-0.15, -0.1) is 0 Å². The summed E-state index contributed by atoms with van der Waals surface area (Å²) in [5.41, 5.74) is 0. The highest BCUT2D eigenvalue weighted by atomic mass is 32.2. The fourth-order valence-electron chi connectivity index (χ4n) is 2.18. The number of nitrogens with one attached hydrogen (secondary N) is 1. The molecule has 0 radical (unpaired) electrons. The number of rotatable bonds is 2. The Bertz CT molecular complexity index is 173. The summed E-state index contributed by atoms with van der Waals surface area (Å²) in [5.74, 6) is 2.52. The van der Waals surface area contributed by atoms with Gasteiger partial charge in [-0.3, -0.25) is 4.90 Å². The molecule has 2 fully saturated rings. The zero-order valence-corrected chi connectivity index (χ0v) is 8.89. The number of β-amino-alcohol motifs (C(OH)–C–C–N with tert-alkyl or cyclic N) is 1. The molecule has 2 heterocycles. The number of aliphatic hydroxyl groups is 1. The van der Waals surface area contributed by atoms with Gasteiger partial charge >= 0.3 is 0 Å². The molecule has 2 N–H and O–H groups in total. The Balaban J connectivity index is 1.91. The third-order valence-corrected chi connectivity index (χ3v) is 4.30. The van der Waals surface area contributed by atoms with Gasteiger partial charge in [0.15, 0.2) is 0 Å². The van der Waals surface area contributed by atoms with Gasteiger partial charge in [-0.1, -0.05) is 0 Å². The number of hydrogen-bond acceptors (Lipinski definition) is 4. The minimum absolute atomic E-state index is 0.171. The van der Waals surface area contributed by atoms with E-state index in [4.69, 9.17) is 0 Å². The molecule has 2 rings (SSSR count). The highest BCUT2D eigenvalue weighted by molar-refractivity contribution is 7.99. The molecule has 3 atom stereocenters. The summed E-state index contributed by atoms with van der Waals surface area (Å²) in [6, 6.07) is 1.02. The summed E-state index contributed by atoms with van der Waals surface area (Å²) >= 11 is 2.03. The zero-order chi connectivity index (χ0) is 9.26. The SMILES string of the molecule is CN(C1CCSC1)C1CNCC1O. The van der Waals surface area contributed by atoms with Crippen molar-refractivity contribution >= 4 is 11.8 Å². The smallest absolute Gasteiger partial charge is 0.0831 e. The summed E-state index contributed by atoms with van der Waals surface area (Å²) < 4.78 is 0. The Morgan fingerprint density at radius 1 is 1.46 bits per heavy atom. The van der Waals surface area contributed by atoms with Gasteiger partial charge in [-0.2, -0.15) is 11.8 Å². The van der Waals surface area contributed by atoms with Crippen LogP contribution < -0.4 is 5.32 Å². The van der Waals surface area contributed by atoms with Crippen LogP contribution in [0.4, 0.5) is 0 Å². The van der Waals surface area contributed by atoms with Gasteiger partial charge in [-0.25, -0.2) is 0 Å². The van der Waals surface area contributed by atoms with Crippen LogP contribution in [-0.2, 0) is 0 Å². The lowest BCUT2D eigenvalue weighted by molar-refractivity contribution is 0.0796. The van der Waals surface area contributed by atoms with Crippen LogP contribution in [-0.4, -0.2) is 59.8 Å². The molecule has 0 amide bonds. The van der Waals surface area contributed by atoms with Gasteiger partial charge in [0.05, 0.1) is 6.10 Å². The average Bonchev–Trinajstić information content (AvgIpc) is 2.72. The van der Waals surface area contributed by atoms with Crippen LogP contribution in [0.2, 0.25) is 0 Å². The number of likely N-dealkylation sites (N-methyl/N-ethyl adjacent to an activating group) is 1. The van der Waals surface area contributed by atoms with Crippen LogP contribution >= 0.6 is 11.8 Å². The zero-order valence-electron chi connectivity index (χ0n) is 8.07. The van der Waals surface area contributed by atoms with Crippen molar-refractivity contribution in [1.29, 1.82) is 0 Å². The van der Waals surface area contributed by atoms with Crippen LogP contribution in [0.3, 0.4) is 0 Å². The van der Waals surface area contributed by atoms with E-state index in [-0.39, 0.29) is 6.10 Å². The van der Waals surface area contributed by atoms with E-state index in [9.17, 15) is 5.11 Å². The number of hydrogen-bond donors (Lipinski definition) is 2. The van der Waals surface area contributed by atoms with Crippen molar-refractivity contribution in [2.45, 2.75) is 24.6 Å². The van der Waals surface area contributed by atoms with E-state index in [0.717, 1.165) is 13.1 Å². The maximum Gasteiger partial charge on any atom is 0.0831 e. The first-order valence-electron chi connectivity index (χ1n) is 4.97. The highest BCUT2D eigenvalue weighted by Crippen LogP contribution is 2.24. The minimum Gasteiger partial charge on any atom is -0.390 e. The monoisotopic (exact) mass is 202 g/mol. The van der Waals surface area contributed by atoms with Crippen LogP contribution in [0, 0.1) is 0 Å². The lowest BCUT2D eigenvalue weighted by Gasteiger charge is -2.31. The fraction of sp³-hybridized carbons (Fsp3) is 1.00. The van der Waals surface area contributed by atoms with E-state index in [1.807, 2.05) is 11.8 Å². The van der Waals surface area contributed by atoms with Crippen molar-refractivity contribution in [3.63, 3.8) is 0 Å². The Morgan fingerprint density at radius 3 is 2.85 bits per heavy atom. The predicted molar refractivity (Wildman–Crippen MR) is 56.2 cm³/mol. The van der Waals surface area contributed by atoms with Crippen molar-refractivity contribution in [2.24, 2.45) is 0 Å². The molecule has 3 unspecified atom stereocenters. The van der Waals surface area contributed by atoms with Crippen LogP contribution in [0.25, 0.3) is 0 Å². The molecule has 0 saturated carbocycles. The molecule has 2 aliphatic rings. The molecular formula is C9H18N2OS. The van der Waals surface area contributed by atoms with E-state index in [1.165, 1.54) is 17.9 Å². The fourth-order valence-corrected chi connectivity index (χ4v) is 3.46. The molecular weight excluding hydrogens is 184 g/mol. The Morgan fingerprint density at radius 2 is 2.31 bits per heavy atom. The average molecular weight is 202 g/mol. The Kier molecular flexibility index (Phi) is 3.14. The van der Waals surface area contributed by atoms with Gasteiger partial charge in [0.1, 0.15) is 0 Å². The van der Waals surface area contributed by atoms with Gasteiger partial charge in [0.2, 0.25) is 0 Å². The van der Waals surface area contributed by atoms with Crippen LogP contribution in [0.15, 0.2) is 0 Å². The van der Waals surface area contributed by atoms with Gasteiger partial charge in [0, 0.05) is 30.9 Å². The van der Waals surface area contributed by atoms with Crippen molar-refractivity contribution in [2.75, 3.05) is 31.6 Å². The highest BCUT2D eigenvalue weighted by Gasteiger charge is 2.33. The summed E-state index contributed by atoms with van der Waals surface area (Å²) in [7, 11) is 2.15. The first-order chi connectivity index (χ1) is 6.29. The van der Waals surface area contributed by atoms with E-state index in [0.29, 0.717) is 12.1 Å². The Hall–Kier alpha value is 0.230. The molecule has 2 saturated heterocycles. The van der Waals surface area contributed by atoms with E-state index >= 15 is 0 Å². The van der Waals surface area contributed by atoms with E-state index in [2.05, 4.69) is 17.3 Å². The molecule has 76 valence electrons. The Labute approximate surface area is 83.9 Å². The maximum atomic E-state index is 9.71. The summed E-state index contributed by atoms with van der Waals surface area (Å²) in [6.07, 6.45) is 1.11. The summed E-state index contributed by atoms with van der Waals surface area (Å²) in [5, 5.41) is 12.9. The normalized spacial score (nSPS) is 40.4.